The minimum absolute atomic E-state index is 0. The van der Waals surface area contributed by atoms with Crippen LogP contribution in [0.25, 0.3) is 17.5 Å². The molecule has 6 rings (SSSR count). The number of pyridine rings is 3. The first kappa shape index (κ1) is 23.7. The predicted molar refractivity (Wildman–Crippen MR) is 131 cm³/mol. The van der Waals surface area contributed by atoms with Gasteiger partial charge >= 0.3 is 0 Å². The van der Waals surface area contributed by atoms with Crippen LogP contribution in [-0.4, -0.2) is 44.3 Å². The number of hydrogen-bond donors (Lipinski definition) is 0. The fourth-order valence-corrected chi connectivity index (χ4v) is 2.68. The number of rotatable bonds is 3. The molecule has 0 atom stereocenters. The first-order chi connectivity index (χ1) is 16.4. The minimum atomic E-state index is 0. The quantitative estimate of drug-likeness (QED) is 0.395. The van der Waals surface area contributed by atoms with Crippen molar-refractivity contribution in [1.29, 1.82) is 0 Å². The largest absolute Gasteiger partial charge is 0.237 e. The van der Waals surface area contributed by atoms with E-state index in [1.807, 2.05) is 91.4 Å². The van der Waals surface area contributed by atoms with E-state index in [2.05, 4.69) is 30.2 Å². The highest BCUT2D eigenvalue weighted by atomic mass is 15.3. The molecule has 0 aliphatic rings. The van der Waals surface area contributed by atoms with Crippen molar-refractivity contribution in [2.45, 2.75) is 7.43 Å². The van der Waals surface area contributed by atoms with E-state index in [4.69, 9.17) is 0 Å². The zero-order valence-electron chi connectivity index (χ0n) is 17.6. The fraction of sp³-hybridized carbons (Fsp3) is 0.0400. The topological polar surface area (TPSA) is 92.1 Å². The Labute approximate surface area is 198 Å². The zero-order chi connectivity index (χ0) is 22.6. The molecule has 9 nitrogen and oxygen atoms in total. The van der Waals surface area contributed by atoms with E-state index >= 15 is 0 Å². The maximum Gasteiger partial charge on any atom is 0.153 e. The molecule has 0 aromatic carbocycles. The maximum absolute atomic E-state index is 4.12. The molecule has 34 heavy (non-hydrogen) atoms. The van der Waals surface area contributed by atoms with Gasteiger partial charge < -0.3 is 0 Å². The second-order valence-electron chi connectivity index (χ2n) is 6.42. The Hall–Kier alpha value is -4.92. The summed E-state index contributed by atoms with van der Waals surface area (Å²) in [5.41, 5.74) is 0. The van der Waals surface area contributed by atoms with Gasteiger partial charge in [0.1, 0.15) is 0 Å². The van der Waals surface area contributed by atoms with E-state index in [9.17, 15) is 0 Å². The summed E-state index contributed by atoms with van der Waals surface area (Å²) in [6, 6.07) is 22.8. The molecule has 0 bridgehead atoms. The van der Waals surface area contributed by atoms with E-state index in [0.29, 0.717) is 0 Å². The summed E-state index contributed by atoms with van der Waals surface area (Å²) in [6.45, 7) is 0. The molecule has 0 unspecified atom stereocenters. The summed E-state index contributed by atoms with van der Waals surface area (Å²) in [5.74, 6) is 2.53. The predicted octanol–water partition coefficient (Wildman–Crippen LogP) is 4.44. The van der Waals surface area contributed by atoms with Crippen molar-refractivity contribution < 1.29 is 0 Å². The van der Waals surface area contributed by atoms with Crippen molar-refractivity contribution in [3.8, 4) is 17.5 Å². The van der Waals surface area contributed by atoms with Crippen molar-refractivity contribution in [3.05, 3.63) is 129 Å². The molecule has 0 saturated carbocycles. The molecule has 0 radical (unpaired) electrons. The Kier molecular flexibility index (Phi) is 8.95. The molecular weight excluding hydrogens is 426 g/mol. The Morgan fingerprint density at radius 3 is 0.912 bits per heavy atom. The normalized spacial score (nSPS) is 9.53. The molecule has 0 saturated heterocycles. The van der Waals surface area contributed by atoms with Gasteiger partial charge in [0.25, 0.3) is 0 Å². The van der Waals surface area contributed by atoms with Gasteiger partial charge in [-0.3, -0.25) is 0 Å². The lowest BCUT2D eigenvalue weighted by atomic mass is 10.5. The molecule has 0 fully saturated rings. The smallest absolute Gasteiger partial charge is 0.153 e. The van der Waals surface area contributed by atoms with Gasteiger partial charge in [-0.05, 0) is 54.6 Å². The Morgan fingerprint density at radius 1 is 0.382 bits per heavy atom. The monoisotopic (exact) mass is 451 g/mol. The van der Waals surface area contributed by atoms with Crippen LogP contribution in [0.3, 0.4) is 0 Å². The lowest BCUT2D eigenvalue weighted by Gasteiger charge is -1.96. The van der Waals surface area contributed by atoms with Crippen LogP contribution < -0.4 is 0 Å². The van der Waals surface area contributed by atoms with Gasteiger partial charge in [-0.15, -0.1) is 0 Å². The van der Waals surface area contributed by atoms with Crippen LogP contribution in [0.2, 0.25) is 0 Å². The maximum atomic E-state index is 4.12. The number of nitrogens with zero attached hydrogens (tertiary/aromatic N) is 9. The third kappa shape index (κ3) is 6.79. The highest BCUT2D eigenvalue weighted by Crippen LogP contribution is 2.00. The molecule has 0 N–H and O–H groups in total. The van der Waals surface area contributed by atoms with Crippen LogP contribution >= 0.6 is 0 Å². The summed E-state index contributed by atoms with van der Waals surface area (Å²) in [5, 5.41) is 12.1. The summed E-state index contributed by atoms with van der Waals surface area (Å²) in [6.07, 6.45) is 16.0. The second-order valence-corrected chi connectivity index (χ2v) is 6.42. The average molecular weight is 452 g/mol. The van der Waals surface area contributed by atoms with Gasteiger partial charge in [-0.1, -0.05) is 25.6 Å². The van der Waals surface area contributed by atoms with Crippen LogP contribution in [0.1, 0.15) is 7.43 Å². The SMILES string of the molecule is C.c1ccc(-n2cccn2)nc1.c1ccc(-n2cccn2)nc1.c1ccc(-n2cccn2)nc1. The van der Waals surface area contributed by atoms with Crippen molar-refractivity contribution in [1.82, 2.24) is 44.3 Å². The molecule has 6 aromatic rings. The Balaban J connectivity index is 0.000000141. The van der Waals surface area contributed by atoms with Gasteiger partial charge in [-0.2, -0.15) is 15.3 Å². The van der Waals surface area contributed by atoms with Gasteiger partial charge in [0.15, 0.2) is 17.5 Å². The van der Waals surface area contributed by atoms with Gasteiger partial charge in [0.05, 0.1) is 0 Å². The van der Waals surface area contributed by atoms with Crippen LogP contribution in [0.5, 0.6) is 0 Å². The first-order valence-electron chi connectivity index (χ1n) is 10.1. The van der Waals surface area contributed by atoms with E-state index in [1.165, 1.54) is 0 Å². The highest BCUT2D eigenvalue weighted by molar-refractivity contribution is 5.20. The van der Waals surface area contributed by atoms with E-state index in [0.717, 1.165) is 17.5 Å². The molecule has 0 spiro atoms. The second kappa shape index (κ2) is 12.8. The van der Waals surface area contributed by atoms with Crippen LogP contribution in [0, 0.1) is 0 Å². The summed E-state index contributed by atoms with van der Waals surface area (Å²) in [7, 11) is 0. The molecule has 9 heteroatoms. The Bertz CT molecular complexity index is 1100. The standard InChI is InChI=1S/3C8H7N3.CH4/c3*1-2-5-9-8(4-1)11-7-3-6-10-11;/h3*1-7H;1H4. The van der Waals surface area contributed by atoms with Crippen molar-refractivity contribution in [2.75, 3.05) is 0 Å². The number of hydrogen-bond acceptors (Lipinski definition) is 6. The van der Waals surface area contributed by atoms with Crippen LogP contribution in [-0.2, 0) is 0 Å². The minimum Gasteiger partial charge on any atom is -0.237 e. The van der Waals surface area contributed by atoms with Crippen LogP contribution in [0.4, 0.5) is 0 Å². The van der Waals surface area contributed by atoms with Crippen LogP contribution in [0.15, 0.2) is 129 Å². The molecule has 0 aliphatic heterocycles. The van der Waals surface area contributed by atoms with E-state index < -0.39 is 0 Å². The van der Waals surface area contributed by atoms with Crippen molar-refractivity contribution >= 4 is 0 Å². The van der Waals surface area contributed by atoms with E-state index in [1.54, 1.807) is 51.2 Å². The average Bonchev–Trinajstić information content (AvgIpc) is 3.70. The first-order valence-corrected chi connectivity index (χ1v) is 10.1. The molecule has 170 valence electrons. The third-order valence-electron chi connectivity index (χ3n) is 4.17. The molecule has 6 aromatic heterocycles. The molecule has 0 amide bonds. The lowest BCUT2D eigenvalue weighted by molar-refractivity contribution is 0.847. The third-order valence-corrected chi connectivity index (χ3v) is 4.17. The summed E-state index contributed by atoms with van der Waals surface area (Å²) < 4.78 is 5.17. The van der Waals surface area contributed by atoms with E-state index in [-0.39, 0.29) is 7.43 Å². The molecular formula is C25H25N9. The summed E-state index contributed by atoms with van der Waals surface area (Å²) >= 11 is 0. The molecule has 6 heterocycles. The lowest BCUT2D eigenvalue weighted by Crippen LogP contribution is -1.95. The van der Waals surface area contributed by atoms with Gasteiger partial charge in [0.2, 0.25) is 0 Å². The zero-order valence-corrected chi connectivity index (χ0v) is 17.6. The highest BCUT2D eigenvalue weighted by Gasteiger charge is 1.94. The van der Waals surface area contributed by atoms with Gasteiger partial charge in [0, 0.05) is 55.8 Å². The van der Waals surface area contributed by atoms with Gasteiger partial charge in [-0.25, -0.2) is 29.0 Å². The van der Waals surface area contributed by atoms with Crippen molar-refractivity contribution in [2.24, 2.45) is 0 Å². The Morgan fingerprint density at radius 2 is 0.706 bits per heavy atom. The molecule has 0 aliphatic carbocycles. The van der Waals surface area contributed by atoms with Crippen molar-refractivity contribution in [3.63, 3.8) is 0 Å². The fourth-order valence-electron chi connectivity index (χ4n) is 2.68. The number of aromatic nitrogens is 9. The summed E-state index contributed by atoms with van der Waals surface area (Å²) in [4.78, 5) is 12.4.